The van der Waals surface area contributed by atoms with Gasteiger partial charge in [-0.15, -0.1) is 0 Å². The minimum Gasteiger partial charge on any atom is -0.481 e. The zero-order valence-corrected chi connectivity index (χ0v) is 12.9. The highest BCUT2D eigenvalue weighted by Gasteiger charge is 2.14. The number of hydrogen-bond donors (Lipinski definition) is 2. The van der Waals surface area contributed by atoms with Gasteiger partial charge in [0.1, 0.15) is 0 Å². The number of nitrogens with one attached hydrogen (secondary N) is 1. The number of benzene rings is 2. The highest BCUT2D eigenvalue weighted by atomic mass is 32.2. The molecule has 0 heterocycles. The summed E-state index contributed by atoms with van der Waals surface area (Å²) in [4.78, 5) is 10.7. The molecule has 2 N–H and O–H groups in total. The number of aliphatic carboxylic acids is 1. The van der Waals surface area contributed by atoms with Crippen molar-refractivity contribution in [3.8, 4) is 6.07 Å². The standard InChI is InChI=1S/C16H14N2O4S/c17-9-8-12-2-1-3-15(10-12)23(21,22)18-14-6-4-13(5-7-14)11-16(19)20/h1-7,10,18H,8,11H2,(H,19,20). The lowest BCUT2D eigenvalue weighted by atomic mass is 10.1. The van der Waals surface area contributed by atoms with E-state index in [9.17, 15) is 13.2 Å². The first-order valence-corrected chi connectivity index (χ1v) is 8.18. The second kappa shape index (κ2) is 6.94. The Hall–Kier alpha value is -2.85. The van der Waals surface area contributed by atoms with Gasteiger partial charge in [0.15, 0.2) is 0 Å². The molecule has 6 nitrogen and oxygen atoms in total. The fraction of sp³-hybridized carbons (Fsp3) is 0.125. The first-order chi connectivity index (χ1) is 10.9. The Kier molecular flexibility index (Phi) is 4.98. The van der Waals surface area contributed by atoms with Gasteiger partial charge in [0.05, 0.1) is 23.8 Å². The maximum Gasteiger partial charge on any atom is 0.307 e. The number of rotatable bonds is 6. The minimum atomic E-state index is -3.77. The van der Waals surface area contributed by atoms with Crippen LogP contribution in [0.1, 0.15) is 11.1 Å². The molecule has 0 spiro atoms. The molecule has 2 aromatic carbocycles. The number of hydrogen-bond acceptors (Lipinski definition) is 4. The molecule has 0 aliphatic carbocycles. The van der Waals surface area contributed by atoms with Crippen molar-refractivity contribution >= 4 is 21.7 Å². The van der Waals surface area contributed by atoms with Crippen molar-refractivity contribution in [2.24, 2.45) is 0 Å². The van der Waals surface area contributed by atoms with E-state index in [2.05, 4.69) is 4.72 Å². The van der Waals surface area contributed by atoms with Crippen LogP contribution in [0.5, 0.6) is 0 Å². The Balaban J connectivity index is 2.19. The average Bonchev–Trinajstić information content (AvgIpc) is 2.49. The van der Waals surface area contributed by atoms with Crippen molar-refractivity contribution in [1.29, 1.82) is 5.26 Å². The molecule has 0 aromatic heterocycles. The Morgan fingerprint density at radius 3 is 2.43 bits per heavy atom. The van der Waals surface area contributed by atoms with E-state index in [4.69, 9.17) is 10.4 Å². The fourth-order valence-corrected chi connectivity index (χ4v) is 3.12. The Bertz CT molecular complexity index is 852. The van der Waals surface area contributed by atoms with Gasteiger partial charge in [0.2, 0.25) is 0 Å². The summed E-state index contributed by atoms with van der Waals surface area (Å²) >= 11 is 0. The molecule has 0 aliphatic rings. The number of nitrogens with zero attached hydrogens (tertiary/aromatic N) is 1. The third-order valence-corrected chi connectivity index (χ3v) is 4.43. The van der Waals surface area contributed by atoms with Crippen LogP contribution in [-0.2, 0) is 27.7 Å². The van der Waals surface area contributed by atoms with Crippen molar-refractivity contribution in [2.45, 2.75) is 17.7 Å². The molecule has 0 atom stereocenters. The van der Waals surface area contributed by atoms with Crippen LogP contribution in [0.25, 0.3) is 0 Å². The van der Waals surface area contributed by atoms with Gasteiger partial charge in [-0.25, -0.2) is 8.42 Å². The molecule has 0 saturated heterocycles. The van der Waals surface area contributed by atoms with Crippen LogP contribution < -0.4 is 4.72 Å². The molecule has 0 radical (unpaired) electrons. The van der Waals surface area contributed by atoms with E-state index in [1.54, 1.807) is 24.3 Å². The van der Waals surface area contributed by atoms with Crippen LogP contribution in [0.2, 0.25) is 0 Å². The lowest BCUT2D eigenvalue weighted by molar-refractivity contribution is -0.136. The first kappa shape index (κ1) is 16.5. The zero-order chi connectivity index (χ0) is 16.9. The van der Waals surface area contributed by atoms with Crippen molar-refractivity contribution in [1.82, 2.24) is 0 Å². The van der Waals surface area contributed by atoms with Gasteiger partial charge in [-0.3, -0.25) is 9.52 Å². The Labute approximate surface area is 134 Å². The summed E-state index contributed by atoms with van der Waals surface area (Å²) in [6.45, 7) is 0. The second-order valence-electron chi connectivity index (χ2n) is 4.86. The summed E-state index contributed by atoms with van der Waals surface area (Å²) in [6.07, 6.45) is 0.0104. The maximum absolute atomic E-state index is 12.3. The Morgan fingerprint density at radius 1 is 1.13 bits per heavy atom. The van der Waals surface area contributed by atoms with E-state index in [0.717, 1.165) is 0 Å². The SMILES string of the molecule is N#CCc1cccc(S(=O)(=O)Nc2ccc(CC(=O)O)cc2)c1. The van der Waals surface area contributed by atoms with E-state index < -0.39 is 16.0 Å². The summed E-state index contributed by atoms with van der Waals surface area (Å²) in [7, 11) is -3.77. The van der Waals surface area contributed by atoms with Crippen LogP contribution in [0.15, 0.2) is 53.4 Å². The predicted molar refractivity (Wildman–Crippen MR) is 84.3 cm³/mol. The van der Waals surface area contributed by atoms with E-state index >= 15 is 0 Å². The molecule has 118 valence electrons. The quantitative estimate of drug-likeness (QED) is 0.844. The third kappa shape index (κ3) is 4.56. The van der Waals surface area contributed by atoms with Crippen LogP contribution in [0.3, 0.4) is 0 Å². The minimum absolute atomic E-state index is 0.0693. The summed E-state index contributed by atoms with van der Waals surface area (Å²) < 4.78 is 27.1. The van der Waals surface area contributed by atoms with Gasteiger partial charge < -0.3 is 5.11 Å². The summed E-state index contributed by atoms with van der Waals surface area (Å²) in [5.74, 6) is -0.951. The lowest BCUT2D eigenvalue weighted by Crippen LogP contribution is -2.13. The predicted octanol–water partition coefficient (Wildman–Crippen LogP) is 2.18. The molecule has 0 saturated carbocycles. The summed E-state index contributed by atoms with van der Waals surface area (Å²) in [5, 5.41) is 17.4. The maximum atomic E-state index is 12.3. The van der Waals surface area contributed by atoms with Gasteiger partial charge in [0, 0.05) is 5.69 Å². The first-order valence-electron chi connectivity index (χ1n) is 6.70. The number of sulfonamides is 1. The normalized spacial score (nSPS) is 10.7. The van der Waals surface area contributed by atoms with Crippen LogP contribution in [0, 0.1) is 11.3 Å². The van der Waals surface area contributed by atoms with Crippen LogP contribution in [0.4, 0.5) is 5.69 Å². The summed E-state index contributed by atoms with van der Waals surface area (Å²) in [6, 6.07) is 14.3. The van der Waals surface area contributed by atoms with Crippen LogP contribution >= 0.6 is 0 Å². The number of nitriles is 1. The van der Waals surface area contributed by atoms with Crippen molar-refractivity contribution < 1.29 is 18.3 Å². The molecule has 2 rings (SSSR count). The van der Waals surface area contributed by atoms with E-state index in [-0.39, 0.29) is 17.7 Å². The van der Waals surface area contributed by atoms with Gasteiger partial charge in [-0.05, 0) is 35.4 Å². The molecule has 2 aromatic rings. The number of carboxylic acids is 1. The highest BCUT2D eigenvalue weighted by molar-refractivity contribution is 7.92. The average molecular weight is 330 g/mol. The zero-order valence-electron chi connectivity index (χ0n) is 12.1. The monoisotopic (exact) mass is 330 g/mol. The second-order valence-corrected chi connectivity index (χ2v) is 6.54. The van der Waals surface area contributed by atoms with Gasteiger partial charge in [-0.1, -0.05) is 24.3 Å². The van der Waals surface area contributed by atoms with E-state index in [0.29, 0.717) is 16.8 Å². The molecule has 0 bridgehead atoms. The van der Waals surface area contributed by atoms with E-state index in [1.807, 2.05) is 6.07 Å². The molecule has 0 unspecified atom stereocenters. The molecular weight excluding hydrogens is 316 g/mol. The molecule has 7 heteroatoms. The number of anilines is 1. The van der Waals surface area contributed by atoms with Gasteiger partial charge in [-0.2, -0.15) is 5.26 Å². The Morgan fingerprint density at radius 2 is 1.83 bits per heavy atom. The molecule has 0 fully saturated rings. The largest absolute Gasteiger partial charge is 0.481 e. The van der Waals surface area contributed by atoms with Crippen LogP contribution in [-0.4, -0.2) is 19.5 Å². The van der Waals surface area contributed by atoms with E-state index in [1.165, 1.54) is 24.3 Å². The fourth-order valence-electron chi connectivity index (χ4n) is 1.99. The topological polar surface area (TPSA) is 107 Å². The highest BCUT2D eigenvalue weighted by Crippen LogP contribution is 2.18. The van der Waals surface area contributed by atoms with Crippen molar-refractivity contribution in [3.05, 3.63) is 59.7 Å². The molecule has 0 aliphatic heterocycles. The third-order valence-electron chi connectivity index (χ3n) is 3.05. The smallest absolute Gasteiger partial charge is 0.307 e. The van der Waals surface area contributed by atoms with Gasteiger partial charge >= 0.3 is 5.97 Å². The molecule has 23 heavy (non-hydrogen) atoms. The van der Waals surface area contributed by atoms with Crippen molar-refractivity contribution in [3.63, 3.8) is 0 Å². The molecule has 0 amide bonds. The van der Waals surface area contributed by atoms with Crippen molar-refractivity contribution in [2.75, 3.05) is 4.72 Å². The molecular formula is C16H14N2O4S. The lowest BCUT2D eigenvalue weighted by Gasteiger charge is -2.09. The van der Waals surface area contributed by atoms with Gasteiger partial charge in [0.25, 0.3) is 10.0 Å². The number of carboxylic acid groups (broad SMARTS) is 1. The number of carbonyl (C=O) groups is 1. The summed E-state index contributed by atoms with van der Waals surface area (Å²) in [5.41, 5.74) is 1.54.